The molecule has 0 saturated carbocycles. The zero-order valence-corrected chi connectivity index (χ0v) is 25.3. The molecule has 1 aliphatic carbocycles. The molecule has 1 heterocycles. The summed E-state index contributed by atoms with van der Waals surface area (Å²) in [7, 11) is 0. The van der Waals surface area contributed by atoms with E-state index in [1.807, 2.05) is 0 Å². The largest absolute Gasteiger partial charge is 0.456 e. The minimum Gasteiger partial charge on any atom is -0.456 e. The number of nitrogens with zero attached hydrogens (tertiary/aromatic N) is 1. The van der Waals surface area contributed by atoms with Crippen LogP contribution in [-0.2, 0) is 5.41 Å². The minimum atomic E-state index is -0.0435. The van der Waals surface area contributed by atoms with Gasteiger partial charge in [0.1, 0.15) is 11.2 Å². The topological polar surface area (TPSA) is 16.4 Å². The van der Waals surface area contributed by atoms with Gasteiger partial charge in [0.2, 0.25) is 0 Å². The van der Waals surface area contributed by atoms with Gasteiger partial charge >= 0.3 is 0 Å². The predicted octanol–water partition coefficient (Wildman–Crippen LogP) is 12.2. The third kappa shape index (κ3) is 3.82. The van der Waals surface area contributed by atoms with E-state index < -0.39 is 0 Å². The lowest BCUT2D eigenvalue weighted by Gasteiger charge is -2.27. The predicted molar refractivity (Wildman–Crippen MR) is 189 cm³/mol. The summed E-state index contributed by atoms with van der Waals surface area (Å²) in [5, 5.41) is 4.67. The molecule has 0 bridgehead atoms. The van der Waals surface area contributed by atoms with Crippen molar-refractivity contribution in [3.05, 3.63) is 163 Å². The molecule has 2 heteroatoms. The number of anilines is 3. The Morgan fingerprint density at radius 3 is 1.98 bits per heavy atom. The summed E-state index contributed by atoms with van der Waals surface area (Å²) >= 11 is 0. The molecule has 0 fully saturated rings. The van der Waals surface area contributed by atoms with E-state index in [1.54, 1.807) is 0 Å². The summed E-state index contributed by atoms with van der Waals surface area (Å²) in [6, 6.07) is 54.5. The van der Waals surface area contributed by atoms with Crippen molar-refractivity contribution in [2.75, 3.05) is 4.90 Å². The van der Waals surface area contributed by atoms with E-state index in [0.717, 1.165) is 39.0 Å². The molecule has 1 aliphatic rings. The molecule has 7 aromatic carbocycles. The van der Waals surface area contributed by atoms with Gasteiger partial charge in [-0.05, 0) is 86.6 Å². The van der Waals surface area contributed by atoms with Crippen molar-refractivity contribution in [3.8, 4) is 22.3 Å². The Kier molecular flexibility index (Phi) is 5.58. The van der Waals surface area contributed by atoms with Crippen LogP contribution in [-0.4, -0.2) is 0 Å². The smallest absolute Gasteiger partial charge is 0.137 e. The molecule has 2 nitrogen and oxygen atoms in total. The first-order valence-corrected chi connectivity index (χ1v) is 15.6. The fourth-order valence-corrected chi connectivity index (χ4v) is 7.56. The second kappa shape index (κ2) is 9.70. The third-order valence-corrected chi connectivity index (χ3v) is 9.65. The highest BCUT2D eigenvalue weighted by atomic mass is 16.3. The molecule has 214 valence electrons. The van der Waals surface area contributed by atoms with Crippen LogP contribution in [0.15, 0.2) is 156 Å². The van der Waals surface area contributed by atoms with E-state index in [9.17, 15) is 0 Å². The first-order chi connectivity index (χ1) is 22.1. The number of furan rings is 1. The van der Waals surface area contributed by atoms with Gasteiger partial charge in [-0.3, -0.25) is 0 Å². The lowest BCUT2D eigenvalue weighted by atomic mass is 9.82. The van der Waals surface area contributed by atoms with Gasteiger partial charge in [0.05, 0.1) is 11.1 Å². The summed E-state index contributed by atoms with van der Waals surface area (Å²) in [4.78, 5) is 2.39. The highest BCUT2D eigenvalue weighted by molar-refractivity contribution is 6.25. The maximum Gasteiger partial charge on any atom is 0.137 e. The van der Waals surface area contributed by atoms with Gasteiger partial charge in [-0.25, -0.2) is 0 Å². The summed E-state index contributed by atoms with van der Waals surface area (Å²) in [5.74, 6) is 0. The molecule has 8 aromatic rings. The van der Waals surface area contributed by atoms with Gasteiger partial charge in [-0.15, -0.1) is 0 Å². The van der Waals surface area contributed by atoms with Crippen LogP contribution >= 0.6 is 0 Å². The van der Waals surface area contributed by atoms with Crippen molar-refractivity contribution in [3.63, 3.8) is 0 Å². The Morgan fingerprint density at radius 2 is 1.16 bits per heavy atom. The van der Waals surface area contributed by atoms with Crippen molar-refractivity contribution in [2.45, 2.75) is 19.3 Å². The second-order valence-electron chi connectivity index (χ2n) is 12.5. The summed E-state index contributed by atoms with van der Waals surface area (Å²) in [6.45, 7) is 4.67. The maximum absolute atomic E-state index is 6.71. The van der Waals surface area contributed by atoms with Gasteiger partial charge < -0.3 is 9.32 Å². The first kappa shape index (κ1) is 25.9. The Hall–Kier alpha value is -5.60. The van der Waals surface area contributed by atoms with Gasteiger partial charge in [-0.1, -0.05) is 123 Å². The van der Waals surface area contributed by atoms with Gasteiger partial charge in [0, 0.05) is 22.2 Å². The van der Waals surface area contributed by atoms with Crippen molar-refractivity contribution >= 4 is 49.8 Å². The molecule has 0 N–H and O–H groups in total. The molecular formula is C43H31NO. The van der Waals surface area contributed by atoms with Gasteiger partial charge in [0.25, 0.3) is 0 Å². The quantitative estimate of drug-likeness (QED) is 0.207. The molecule has 0 atom stereocenters. The second-order valence-corrected chi connectivity index (χ2v) is 12.5. The molecular weight excluding hydrogens is 546 g/mol. The number of fused-ring (bicyclic) bond motifs is 8. The summed E-state index contributed by atoms with van der Waals surface area (Å²) < 4.78 is 6.71. The Morgan fingerprint density at radius 1 is 0.467 bits per heavy atom. The van der Waals surface area contributed by atoms with Gasteiger partial charge in [0.15, 0.2) is 0 Å². The van der Waals surface area contributed by atoms with E-state index in [2.05, 4.69) is 170 Å². The third-order valence-electron chi connectivity index (χ3n) is 9.65. The van der Waals surface area contributed by atoms with E-state index in [-0.39, 0.29) is 5.41 Å². The lowest BCUT2D eigenvalue weighted by molar-refractivity contribution is 0.660. The Bertz CT molecular complexity index is 2400. The molecule has 1 aromatic heterocycles. The number of hydrogen-bond donors (Lipinski definition) is 0. The zero-order valence-electron chi connectivity index (χ0n) is 25.3. The Balaban J connectivity index is 1.34. The van der Waals surface area contributed by atoms with Crippen molar-refractivity contribution in [1.82, 2.24) is 0 Å². The van der Waals surface area contributed by atoms with E-state index in [4.69, 9.17) is 4.42 Å². The number of para-hydroxylation sites is 1. The SMILES string of the molecule is CC1(C)c2ccccc2-c2cc(N(c3ccccc3)c3cccc4oc5cc(-c6ccccc6)c6ccccc6c5c34)ccc21. The minimum absolute atomic E-state index is 0.0435. The molecule has 0 amide bonds. The van der Waals surface area contributed by atoms with Crippen LogP contribution in [0.2, 0.25) is 0 Å². The van der Waals surface area contributed by atoms with Crippen LogP contribution in [0.1, 0.15) is 25.0 Å². The normalized spacial score (nSPS) is 13.3. The fourth-order valence-electron chi connectivity index (χ4n) is 7.56. The maximum atomic E-state index is 6.71. The van der Waals surface area contributed by atoms with E-state index in [0.29, 0.717) is 0 Å². The van der Waals surface area contributed by atoms with Crippen LogP contribution in [0.3, 0.4) is 0 Å². The molecule has 45 heavy (non-hydrogen) atoms. The van der Waals surface area contributed by atoms with Crippen LogP contribution in [0.25, 0.3) is 55.0 Å². The van der Waals surface area contributed by atoms with Crippen LogP contribution < -0.4 is 4.90 Å². The van der Waals surface area contributed by atoms with Crippen LogP contribution in [0, 0.1) is 0 Å². The van der Waals surface area contributed by atoms with Gasteiger partial charge in [-0.2, -0.15) is 0 Å². The highest BCUT2D eigenvalue weighted by Crippen LogP contribution is 2.52. The number of rotatable bonds is 4. The summed E-state index contributed by atoms with van der Waals surface area (Å²) in [6.07, 6.45) is 0. The van der Waals surface area contributed by atoms with Crippen LogP contribution in [0.4, 0.5) is 17.1 Å². The van der Waals surface area contributed by atoms with E-state index >= 15 is 0 Å². The molecule has 0 saturated heterocycles. The zero-order chi connectivity index (χ0) is 30.1. The number of hydrogen-bond acceptors (Lipinski definition) is 2. The average Bonchev–Trinajstić information content (AvgIpc) is 3.58. The lowest BCUT2D eigenvalue weighted by Crippen LogP contribution is -2.15. The molecule has 9 rings (SSSR count). The van der Waals surface area contributed by atoms with Crippen molar-refractivity contribution < 1.29 is 4.42 Å². The molecule has 0 spiro atoms. The molecule has 0 aliphatic heterocycles. The van der Waals surface area contributed by atoms with Crippen molar-refractivity contribution in [1.29, 1.82) is 0 Å². The monoisotopic (exact) mass is 577 g/mol. The average molecular weight is 578 g/mol. The fraction of sp³-hybridized carbons (Fsp3) is 0.0698. The summed E-state index contributed by atoms with van der Waals surface area (Å²) in [5.41, 5.74) is 12.8. The first-order valence-electron chi connectivity index (χ1n) is 15.6. The molecule has 0 radical (unpaired) electrons. The molecule has 0 unspecified atom stereocenters. The highest BCUT2D eigenvalue weighted by Gasteiger charge is 2.35. The van der Waals surface area contributed by atoms with Crippen LogP contribution in [0.5, 0.6) is 0 Å². The Labute approximate surface area is 262 Å². The number of benzene rings is 7. The van der Waals surface area contributed by atoms with Crippen molar-refractivity contribution in [2.24, 2.45) is 0 Å². The van der Waals surface area contributed by atoms with E-state index in [1.165, 1.54) is 44.2 Å². The standard InChI is InChI=1S/C43H31NO/c1-43(2)36-21-12-11-19-32(36)35-26-30(24-25-37(35)43)44(29-16-7-4-8-17-29)38-22-13-23-39-42(38)41-33-20-10-9-18-31(33)34(27-40(41)45-39)28-14-5-3-6-15-28/h3-27H,1-2H3.